The summed E-state index contributed by atoms with van der Waals surface area (Å²) < 4.78 is 17.3. The average molecular weight is 514 g/mol. The van der Waals surface area contributed by atoms with Gasteiger partial charge in [0.05, 0.1) is 18.9 Å². The fraction of sp³-hybridized carbons (Fsp3) is 0.125. The maximum Gasteiger partial charge on any atom is 0.250 e. The number of nitrogens with zero attached hydrogens (tertiary/aromatic N) is 1. The van der Waals surface area contributed by atoms with Crippen LogP contribution in [-0.4, -0.2) is 30.2 Å². The van der Waals surface area contributed by atoms with E-state index in [0.29, 0.717) is 38.7 Å². The minimum absolute atomic E-state index is 0.120. The molecule has 2 heterocycles. The Kier molecular flexibility index (Phi) is 7.16. The lowest BCUT2D eigenvalue weighted by atomic mass is 10.1. The molecule has 0 radical (unpaired) electrons. The van der Waals surface area contributed by atoms with Crippen molar-refractivity contribution in [1.29, 1.82) is 0 Å². The number of rotatable bonds is 6. The number of hydrogen-bond donors (Lipinski definition) is 2. The third-order valence-electron chi connectivity index (χ3n) is 4.83. The van der Waals surface area contributed by atoms with Crippen LogP contribution in [0.2, 0.25) is 5.02 Å². The van der Waals surface area contributed by atoms with Gasteiger partial charge in [-0.05, 0) is 55.0 Å². The number of hydrogen-bond acceptors (Lipinski definition) is 7. The molecule has 4 aromatic rings. The number of furan rings is 1. The quantitative estimate of drug-likeness (QED) is 0.239. The Bertz CT molecular complexity index is 1410. The number of carbonyl (C=O) groups excluding carboxylic acids is 1. The van der Waals surface area contributed by atoms with Crippen molar-refractivity contribution in [1.82, 2.24) is 10.3 Å². The molecule has 0 spiro atoms. The van der Waals surface area contributed by atoms with Crippen LogP contribution in [0.4, 0.5) is 5.13 Å². The van der Waals surface area contributed by atoms with Crippen molar-refractivity contribution in [3.8, 4) is 22.8 Å². The fourth-order valence-corrected chi connectivity index (χ4v) is 4.44. The Morgan fingerprint density at radius 3 is 2.74 bits per heavy atom. The molecule has 0 saturated heterocycles. The summed E-state index contributed by atoms with van der Waals surface area (Å²) in [6.07, 6.45) is 2.90. The van der Waals surface area contributed by atoms with Gasteiger partial charge in [0.15, 0.2) is 10.2 Å². The summed E-state index contributed by atoms with van der Waals surface area (Å²) in [6.45, 7) is 1.94. The minimum Gasteiger partial charge on any atom is -0.497 e. The molecule has 7 nitrogen and oxygen atoms in total. The van der Waals surface area contributed by atoms with Gasteiger partial charge < -0.3 is 19.2 Å². The first-order chi connectivity index (χ1) is 16.4. The van der Waals surface area contributed by atoms with Crippen LogP contribution in [0, 0.1) is 6.92 Å². The zero-order valence-electron chi connectivity index (χ0n) is 18.5. The smallest absolute Gasteiger partial charge is 0.250 e. The summed E-state index contributed by atoms with van der Waals surface area (Å²) in [5.41, 5.74) is 2.52. The number of ether oxygens (including phenoxy) is 2. The molecule has 2 aromatic carbocycles. The Morgan fingerprint density at radius 2 is 2.00 bits per heavy atom. The Balaban J connectivity index is 1.38. The molecule has 0 atom stereocenters. The molecule has 0 aliphatic rings. The van der Waals surface area contributed by atoms with Gasteiger partial charge in [-0.25, -0.2) is 4.98 Å². The molecule has 0 fully saturated rings. The number of anilines is 1. The molecule has 0 aliphatic carbocycles. The van der Waals surface area contributed by atoms with Gasteiger partial charge in [0.2, 0.25) is 5.91 Å². The van der Waals surface area contributed by atoms with Crippen LogP contribution in [0.3, 0.4) is 0 Å². The number of amides is 1. The van der Waals surface area contributed by atoms with E-state index in [4.69, 9.17) is 37.7 Å². The molecule has 4 rings (SSSR count). The number of halogens is 1. The van der Waals surface area contributed by atoms with E-state index >= 15 is 0 Å². The van der Waals surface area contributed by atoms with Gasteiger partial charge in [0.25, 0.3) is 0 Å². The number of thiocarbonyl (C=S) groups is 1. The number of benzene rings is 2. The average Bonchev–Trinajstić information content (AvgIpc) is 3.45. The van der Waals surface area contributed by atoms with Crippen LogP contribution >= 0.6 is 35.2 Å². The molecule has 0 aliphatic heterocycles. The van der Waals surface area contributed by atoms with Crippen molar-refractivity contribution in [3.63, 3.8) is 0 Å². The Morgan fingerprint density at radius 1 is 1.18 bits per heavy atom. The Hall–Kier alpha value is -3.40. The monoisotopic (exact) mass is 513 g/mol. The lowest BCUT2D eigenvalue weighted by molar-refractivity contribution is -0.115. The van der Waals surface area contributed by atoms with E-state index in [0.717, 1.165) is 15.8 Å². The van der Waals surface area contributed by atoms with Gasteiger partial charge in [-0.2, -0.15) is 0 Å². The highest BCUT2D eigenvalue weighted by atomic mass is 35.5. The number of carbonyl (C=O) groups is 1. The molecule has 2 N–H and O–H groups in total. The van der Waals surface area contributed by atoms with E-state index in [2.05, 4.69) is 15.6 Å². The van der Waals surface area contributed by atoms with E-state index in [9.17, 15) is 4.79 Å². The third-order valence-corrected chi connectivity index (χ3v) is 6.36. The molecular formula is C24H20ClN3O4S2. The zero-order valence-corrected chi connectivity index (χ0v) is 20.9. The third kappa shape index (κ3) is 5.39. The van der Waals surface area contributed by atoms with Crippen molar-refractivity contribution >= 4 is 67.6 Å². The van der Waals surface area contributed by atoms with Crippen LogP contribution < -0.4 is 20.1 Å². The Labute approximate surface area is 210 Å². The first-order valence-corrected chi connectivity index (χ1v) is 11.7. The molecule has 0 saturated carbocycles. The van der Waals surface area contributed by atoms with E-state index < -0.39 is 5.91 Å². The maximum absolute atomic E-state index is 12.3. The molecule has 0 unspecified atom stereocenters. The summed E-state index contributed by atoms with van der Waals surface area (Å²) in [5.74, 6) is 2.01. The molecule has 0 bridgehead atoms. The standard InChI is InChI=1S/C24H20ClN3O4S2/c1-13-4-5-14(10-17(13)25)18-8-6-15(32-18)7-9-21(29)26-23(33)28-24-27-22-19(31-3)11-16(30-2)12-20(22)34-24/h4-12H,1-3H3,(H2,26,27,28,29,33)/b9-7+. The van der Waals surface area contributed by atoms with Crippen LogP contribution in [-0.2, 0) is 4.79 Å². The molecule has 34 heavy (non-hydrogen) atoms. The predicted molar refractivity (Wildman–Crippen MR) is 140 cm³/mol. The van der Waals surface area contributed by atoms with Gasteiger partial charge in [-0.15, -0.1) is 0 Å². The van der Waals surface area contributed by atoms with Crippen LogP contribution in [0.5, 0.6) is 11.5 Å². The molecule has 2 aromatic heterocycles. The largest absolute Gasteiger partial charge is 0.497 e. The normalized spacial score (nSPS) is 11.1. The molecule has 1 amide bonds. The first kappa shape index (κ1) is 23.7. The van der Waals surface area contributed by atoms with Crippen LogP contribution in [0.25, 0.3) is 27.6 Å². The van der Waals surface area contributed by atoms with Crippen molar-refractivity contribution in [3.05, 3.63) is 64.9 Å². The number of aromatic nitrogens is 1. The van der Waals surface area contributed by atoms with Gasteiger partial charge in [0, 0.05) is 22.7 Å². The fourth-order valence-electron chi connectivity index (χ4n) is 3.09. The second-order valence-electron chi connectivity index (χ2n) is 7.14. The second-order valence-corrected chi connectivity index (χ2v) is 8.98. The van der Waals surface area contributed by atoms with Gasteiger partial charge in [-0.1, -0.05) is 35.1 Å². The van der Waals surface area contributed by atoms with Crippen molar-refractivity contribution in [2.45, 2.75) is 6.92 Å². The molecule has 10 heteroatoms. The van der Waals surface area contributed by atoms with E-state index in [-0.39, 0.29) is 5.11 Å². The van der Waals surface area contributed by atoms with Crippen molar-refractivity contribution < 1.29 is 18.7 Å². The summed E-state index contributed by atoms with van der Waals surface area (Å²) in [6, 6.07) is 12.9. The lowest BCUT2D eigenvalue weighted by Gasteiger charge is -2.04. The number of aryl methyl sites for hydroxylation is 1. The number of fused-ring (bicyclic) bond motifs is 1. The number of thiazole rings is 1. The van der Waals surface area contributed by atoms with Gasteiger partial charge >= 0.3 is 0 Å². The highest BCUT2D eigenvalue weighted by Crippen LogP contribution is 2.36. The highest BCUT2D eigenvalue weighted by molar-refractivity contribution is 7.80. The van der Waals surface area contributed by atoms with Crippen molar-refractivity contribution in [2.24, 2.45) is 0 Å². The topological polar surface area (TPSA) is 85.6 Å². The summed E-state index contributed by atoms with van der Waals surface area (Å²) >= 11 is 12.8. The lowest BCUT2D eigenvalue weighted by Crippen LogP contribution is -2.32. The predicted octanol–water partition coefficient (Wildman–Crippen LogP) is 6.06. The first-order valence-electron chi connectivity index (χ1n) is 10.0. The summed E-state index contributed by atoms with van der Waals surface area (Å²) in [4.78, 5) is 16.8. The maximum atomic E-state index is 12.3. The van der Waals surface area contributed by atoms with E-state index in [1.807, 2.05) is 37.3 Å². The summed E-state index contributed by atoms with van der Waals surface area (Å²) in [7, 11) is 3.15. The SMILES string of the molecule is COc1cc(OC)c2nc(NC(=S)NC(=O)/C=C/c3ccc(-c4ccc(C)c(Cl)c4)o3)sc2c1. The zero-order chi connectivity index (χ0) is 24.2. The van der Waals surface area contributed by atoms with Crippen molar-refractivity contribution in [2.75, 3.05) is 19.5 Å². The van der Waals surface area contributed by atoms with Gasteiger partial charge in [0.1, 0.15) is 28.5 Å². The van der Waals surface area contributed by atoms with Crippen LogP contribution in [0.15, 0.2) is 53.0 Å². The van der Waals surface area contributed by atoms with Gasteiger partial charge in [-0.3, -0.25) is 10.1 Å². The molecule has 174 valence electrons. The van der Waals surface area contributed by atoms with Crippen LogP contribution in [0.1, 0.15) is 11.3 Å². The second kappa shape index (κ2) is 10.3. The number of nitrogens with one attached hydrogen (secondary N) is 2. The summed E-state index contributed by atoms with van der Waals surface area (Å²) in [5, 5.41) is 6.82. The minimum atomic E-state index is -0.408. The van der Waals surface area contributed by atoms with E-state index in [1.54, 1.807) is 32.4 Å². The highest BCUT2D eigenvalue weighted by Gasteiger charge is 2.13. The van der Waals surface area contributed by atoms with E-state index in [1.165, 1.54) is 17.4 Å². The molecular weight excluding hydrogens is 494 g/mol. The number of methoxy groups -OCH3 is 2.